The Kier molecular flexibility index (Phi) is 3.25. The topological polar surface area (TPSA) is 69.7 Å². The molecule has 0 unspecified atom stereocenters. The summed E-state index contributed by atoms with van der Waals surface area (Å²) in [5, 5.41) is 0. The summed E-state index contributed by atoms with van der Waals surface area (Å²) in [4.78, 5) is 10.4. The van der Waals surface area contributed by atoms with Crippen molar-refractivity contribution in [2.24, 2.45) is 0 Å². The fraction of sp³-hybridized carbons (Fsp3) is 0.125. The van der Waals surface area contributed by atoms with Gasteiger partial charge in [0.25, 0.3) is 0 Å². The molecule has 0 amide bonds. The Bertz CT molecular complexity index is 468. The Morgan fingerprint density at radius 1 is 1.33 bits per heavy atom. The van der Waals surface area contributed by atoms with Crippen molar-refractivity contribution < 1.29 is 26.0 Å². The third-order valence-corrected chi connectivity index (χ3v) is 1.89. The van der Waals surface area contributed by atoms with E-state index in [4.69, 9.17) is 4.74 Å². The Morgan fingerprint density at radius 3 is 2.47 bits per heavy atom. The highest BCUT2D eigenvalue weighted by Crippen LogP contribution is 2.28. The van der Waals surface area contributed by atoms with E-state index in [1.807, 2.05) is 0 Å². The van der Waals surface area contributed by atoms with E-state index >= 15 is 0 Å². The summed E-state index contributed by atoms with van der Waals surface area (Å²) in [7, 11) is -3.86. The second-order valence-corrected chi connectivity index (χ2v) is 3.46. The lowest BCUT2D eigenvalue weighted by Crippen LogP contribution is -2.03. The number of carbonyl (C=O) groups is 1. The van der Waals surface area contributed by atoms with Crippen LogP contribution in [0.5, 0.6) is 11.5 Å². The molecule has 0 bridgehead atoms. The molecule has 0 radical (unpaired) electrons. The van der Waals surface area contributed by atoms with Crippen molar-refractivity contribution in [2.75, 3.05) is 7.11 Å². The van der Waals surface area contributed by atoms with Gasteiger partial charge in [0.15, 0.2) is 11.5 Å². The molecule has 0 spiro atoms. The number of methoxy groups -OCH3 is 1. The molecule has 0 saturated carbocycles. The summed E-state index contributed by atoms with van der Waals surface area (Å²) < 4.78 is 41.3. The summed E-state index contributed by atoms with van der Waals surface area (Å²) in [5.41, 5.74) is 0.260. The van der Waals surface area contributed by atoms with Crippen LogP contribution in [0.1, 0.15) is 10.4 Å². The Morgan fingerprint density at radius 2 is 2.00 bits per heavy atom. The van der Waals surface area contributed by atoms with Crippen LogP contribution in [0.25, 0.3) is 0 Å². The zero-order valence-corrected chi connectivity index (χ0v) is 8.45. The van der Waals surface area contributed by atoms with Gasteiger partial charge >= 0.3 is 10.5 Å². The minimum Gasteiger partial charge on any atom is -0.493 e. The summed E-state index contributed by atoms with van der Waals surface area (Å²) in [5.74, 6) is -0.355. The van der Waals surface area contributed by atoms with E-state index in [-0.39, 0.29) is 17.1 Å². The maximum atomic E-state index is 12.2. The van der Waals surface area contributed by atoms with E-state index in [2.05, 4.69) is 4.18 Å². The number of carbonyl (C=O) groups excluding carboxylic acids is 1. The summed E-state index contributed by atoms with van der Waals surface area (Å²) >= 11 is 0. The molecular formula is C8H7FO5S. The van der Waals surface area contributed by atoms with Crippen LogP contribution in [-0.4, -0.2) is 21.8 Å². The van der Waals surface area contributed by atoms with Crippen LogP contribution in [0.2, 0.25) is 0 Å². The van der Waals surface area contributed by atoms with Crippen LogP contribution in [-0.2, 0) is 10.5 Å². The van der Waals surface area contributed by atoms with Gasteiger partial charge in [-0.15, -0.1) is 0 Å². The van der Waals surface area contributed by atoms with Gasteiger partial charge in [-0.1, -0.05) is 3.89 Å². The summed E-state index contributed by atoms with van der Waals surface area (Å²) in [6.07, 6.45) is 0.538. The number of rotatable bonds is 4. The highest BCUT2D eigenvalue weighted by Gasteiger charge is 2.14. The molecule has 0 fully saturated rings. The van der Waals surface area contributed by atoms with Crippen molar-refractivity contribution in [1.29, 1.82) is 0 Å². The minimum absolute atomic E-state index is 0.0409. The molecule has 5 nitrogen and oxygen atoms in total. The summed E-state index contributed by atoms with van der Waals surface area (Å²) in [6, 6.07) is 3.63. The van der Waals surface area contributed by atoms with E-state index in [0.29, 0.717) is 6.29 Å². The molecule has 0 N–H and O–H groups in total. The standard InChI is InChI=1S/C8H7FO5S/c1-13-8-4-6(5-10)2-3-7(8)14-15(9,11)12/h2-5H,1H3. The van der Waals surface area contributed by atoms with Crippen LogP contribution in [0.15, 0.2) is 18.2 Å². The monoisotopic (exact) mass is 234 g/mol. The third-order valence-electron chi connectivity index (χ3n) is 1.51. The Labute approximate surface area is 85.8 Å². The third kappa shape index (κ3) is 3.21. The SMILES string of the molecule is COc1cc(C=O)ccc1OS(=O)(=O)F. The first-order chi connectivity index (χ1) is 6.96. The smallest absolute Gasteiger partial charge is 0.488 e. The number of benzene rings is 1. The van der Waals surface area contributed by atoms with Gasteiger partial charge in [-0.3, -0.25) is 4.79 Å². The zero-order valence-electron chi connectivity index (χ0n) is 7.64. The molecule has 0 atom stereocenters. The number of halogens is 1. The lowest BCUT2D eigenvalue weighted by Gasteiger charge is -2.06. The second-order valence-electron chi connectivity index (χ2n) is 2.50. The lowest BCUT2D eigenvalue weighted by molar-refractivity contribution is 0.112. The molecule has 1 aromatic rings. The van der Waals surface area contributed by atoms with Gasteiger partial charge in [0.05, 0.1) is 7.11 Å². The van der Waals surface area contributed by atoms with Crippen molar-refractivity contribution in [3.8, 4) is 11.5 Å². The number of aldehydes is 1. The molecule has 0 saturated heterocycles. The second kappa shape index (κ2) is 4.26. The van der Waals surface area contributed by atoms with Gasteiger partial charge in [-0.2, -0.15) is 8.42 Å². The van der Waals surface area contributed by atoms with E-state index in [0.717, 1.165) is 6.07 Å². The zero-order chi connectivity index (χ0) is 11.5. The Balaban J connectivity index is 3.13. The fourth-order valence-electron chi connectivity index (χ4n) is 0.934. The first-order valence-corrected chi connectivity index (χ1v) is 5.04. The fourth-order valence-corrected chi connectivity index (χ4v) is 1.29. The van der Waals surface area contributed by atoms with Crippen molar-refractivity contribution in [2.45, 2.75) is 0 Å². The number of ether oxygens (including phenoxy) is 1. The van der Waals surface area contributed by atoms with Gasteiger partial charge < -0.3 is 8.92 Å². The van der Waals surface area contributed by atoms with E-state index in [1.54, 1.807) is 0 Å². The maximum Gasteiger partial charge on any atom is 0.488 e. The average molecular weight is 234 g/mol. The van der Waals surface area contributed by atoms with Gasteiger partial charge in [0.1, 0.15) is 6.29 Å². The predicted octanol–water partition coefficient (Wildman–Crippen LogP) is 1.10. The molecule has 0 aliphatic rings. The van der Waals surface area contributed by atoms with E-state index in [1.165, 1.54) is 19.2 Å². The highest BCUT2D eigenvalue weighted by atomic mass is 32.3. The largest absolute Gasteiger partial charge is 0.493 e. The van der Waals surface area contributed by atoms with Crippen molar-refractivity contribution in [1.82, 2.24) is 0 Å². The van der Waals surface area contributed by atoms with Gasteiger partial charge in [0.2, 0.25) is 0 Å². The molecule has 0 aliphatic carbocycles. The van der Waals surface area contributed by atoms with Gasteiger partial charge in [0, 0.05) is 5.56 Å². The van der Waals surface area contributed by atoms with E-state index in [9.17, 15) is 17.1 Å². The molecule has 82 valence electrons. The first kappa shape index (κ1) is 11.4. The van der Waals surface area contributed by atoms with Crippen molar-refractivity contribution in [3.63, 3.8) is 0 Å². The lowest BCUT2D eigenvalue weighted by atomic mass is 10.2. The predicted molar refractivity (Wildman–Crippen MR) is 49.0 cm³/mol. The van der Waals surface area contributed by atoms with Crippen molar-refractivity contribution in [3.05, 3.63) is 23.8 Å². The highest BCUT2D eigenvalue weighted by molar-refractivity contribution is 7.81. The summed E-state index contributed by atoms with van der Waals surface area (Å²) in [6.45, 7) is 0. The number of hydrogen-bond acceptors (Lipinski definition) is 5. The van der Waals surface area contributed by atoms with Gasteiger partial charge in [-0.05, 0) is 18.2 Å². The minimum atomic E-state index is -5.10. The van der Waals surface area contributed by atoms with Crippen molar-refractivity contribution >= 4 is 16.8 Å². The quantitative estimate of drug-likeness (QED) is 0.576. The van der Waals surface area contributed by atoms with Crippen LogP contribution in [0.3, 0.4) is 0 Å². The van der Waals surface area contributed by atoms with Crippen LogP contribution in [0, 0.1) is 0 Å². The van der Waals surface area contributed by atoms with E-state index < -0.39 is 10.5 Å². The van der Waals surface area contributed by atoms with Crippen LogP contribution < -0.4 is 8.92 Å². The molecule has 0 aromatic heterocycles. The molecular weight excluding hydrogens is 227 g/mol. The van der Waals surface area contributed by atoms with Gasteiger partial charge in [-0.25, -0.2) is 0 Å². The molecule has 0 aliphatic heterocycles. The molecule has 0 heterocycles. The molecule has 1 aromatic carbocycles. The average Bonchev–Trinajstić information content (AvgIpc) is 2.16. The normalized spacial score (nSPS) is 10.8. The molecule has 15 heavy (non-hydrogen) atoms. The number of hydrogen-bond donors (Lipinski definition) is 0. The van der Waals surface area contributed by atoms with Crippen LogP contribution >= 0.6 is 0 Å². The first-order valence-electron chi connectivity index (χ1n) is 3.73. The molecule has 1 rings (SSSR count). The maximum absolute atomic E-state index is 12.2. The molecule has 7 heteroatoms. The van der Waals surface area contributed by atoms with Crippen LogP contribution in [0.4, 0.5) is 3.89 Å². The Hall–Kier alpha value is -1.63.